The molecule has 10 heteroatoms. The van der Waals surface area contributed by atoms with Crippen LogP contribution in [0.3, 0.4) is 0 Å². The minimum atomic E-state index is -4.35. The van der Waals surface area contributed by atoms with Crippen LogP contribution in [-0.4, -0.2) is 46.9 Å². The summed E-state index contributed by atoms with van der Waals surface area (Å²) in [4.78, 5) is 14.1. The number of dihydropyridines is 1. The summed E-state index contributed by atoms with van der Waals surface area (Å²) in [6.07, 6.45) is 3.00. The number of alkyl halides is 3. The van der Waals surface area contributed by atoms with Crippen LogP contribution in [0.2, 0.25) is 0 Å². The van der Waals surface area contributed by atoms with Gasteiger partial charge in [-0.05, 0) is 54.8 Å². The maximum Gasteiger partial charge on any atom is 0.414 e. The van der Waals surface area contributed by atoms with Crippen LogP contribution in [0.15, 0.2) is 71.8 Å². The van der Waals surface area contributed by atoms with Crippen LogP contribution < -0.4 is 15.4 Å². The largest absolute Gasteiger partial charge is 0.441 e. The van der Waals surface area contributed by atoms with E-state index in [-0.39, 0.29) is 18.5 Å². The standard InChI is InChI=1S/C23H22F3N5O2/c24-23(25,26)18-6-7-21(27-15-18)33-19-4-1-3-17(14-19)13-16-8-11-31(12-9-16)22(32)29-20-5-2-10-28-30-20/h1-7,10,13-14,27H,8-9,11-12,15H2,(H,29,30,32). The first-order chi connectivity index (χ1) is 15.9. The second-order valence-electron chi connectivity index (χ2n) is 7.58. The number of aromatic nitrogens is 2. The maximum atomic E-state index is 12.7. The average Bonchev–Trinajstić information content (AvgIpc) is 2.80. The molecule has 7 nitrogen and oxygen atoms in total. The Labute approximate surface area is 188 Å². The highest BCUT2D eigenvalue weighted by molar-refractivity contribution is 5.88. The molecule has 2 aliphatic rings. The fraction of sp³-hybridized carbons (Fsp3) is 0.261. The van der Waals surface area contributed by atoms with Crippen molar-refractivity contribution in [2.45, 2.75) is 19.0 Å². The molecule has 4 rings (SSSR count). The molecule has 0 saturated carbocycles. The molecule has 1 fully saturated rings. The van der Waals surface area contributed by atoms with E-state index in [4.69, 9.17) is 4.74 Å². The van der Waals surface area contributed by atoms with Crippen LogP contribution >= 0.6 is 0 Å². The molecular formula is C23H22F3N5O2. The lowest BCUT2D eigenvalue weighted by Gasteiger charge is -2.28. The van der Waals surface area contributed by atoms with E-state index in [0.717, 1.165) is 24.5 Å². The summed E-state index contributed by atoms with van der Waals surface area (Å²) in [5, 5.41) is 13.0. The smallest absolute Gasteiger partial charge is 0.414 e. The van der Waals surface area contributed by atoms with E-state index in [2.05, 4.69) is 26.9 Å². The Morgan fingerprint density at radius 3 is 2.64 bits per heavy atom. The van der Waals surface area contributed by atoms with Gasteiger partial charge in [0.1, 0.15) is 5.75 Å². The predicted octanol–water partition coefficient (Wildman–Crippen LogP) is 4.50. The number of nitrogens with one attached hydrogen (secondary N) is 2. The van der Waals surface area contributed by atoms with E-state index < -0.39 is 11.7 Å². The van der Waals surface area contributed by atoms with Crippen molar-refractivity contribution in [3.8, 4) is 5.75 Å². The van der Waals surface area contributed by atoms with Crippen molar-refractivity contribution in [2.24, 2.45) is 0 Å². The monoisotopic (exact) mass is 457 g/mol. The molecule has 0 unspecified atom stereocenters. The molecular weight excluding hydrogens is 435 g/mol. The Kier molecular flexibility index (Phi) is 6.62. The zero-order chi connectivity index (χ0) is 23.3. The van der Waals surface area contributed by atoms with Gasteiger partial charge in [0.15, 0.2) is 11.7 Å². The zero-order valence-electron chi connectivity index (χ0n) is 17.6. The number of anilines is 1. The number of likely N-dealkylation sites (tertiary alicyclic amines) is 1. The number of carbonyl (C=O) groups is 1. The van der Waals surface area contributed by atoms with Crippen LogP contribution in [0.5, 0.6) is 5.75 Å². The first-order valence-electron chi connectivity index (χ1n) is 10.4. The van der Waals surface area contributed by atoms with Gasteiger partial charge in [0.25, 0.3) is 0 Å². The van der Waals surface area contributed by atoms with Gasteiger partial charge in [-0.1, -0.05) is 23.8 Å². The fourth-order valence-electron chi connectivity index (χ4n) is 3.47. The number of piperidine rings is 1. The van der Waals surface area contributed by atoms with Gasteiger partial charge in [0.05, 0.1) is 5.57 Å². The molecule has 172 valence electrons. The summed E-state index contributed by atoms with van der Waals surface area (Å²) in [7, 11) is 0. The molecule has 0 radical (unpaired) electrons. The Morgan fingerprint density at radius 1 is 1.15 bits per heavy atom. The quantitative estimate of drug-likeness (QED) is 0.707. The molecule has 2 aliphatic heterocycles. The van der Waals surface area contributed by atoms with Gasteiger partial charge in [0, 0.05) is 25.8 Å². The summed E-state index contributed by atoms with van der Waals surface area (Å²) < 4.78 is 43.9. The molecule has 1 aromatic carbocycles. The number of urea groups is 1. The second-order valence-corrected chi connectivity index (χ2v) is 7.58. The van der Waals surface area contributed by atoms with E-state index >= 15 is 0 Å². The number of hydrogen-bond acceptors (Lipinski definition) is 5. The van der Waals surface area contributed by atoms with Crippen molar-refractivity contribution in [3.63, 3.8) is 0 Å². The number of carbonyl (C=O) groups excluding carboxylic acids is 1. The van der Waals surface area contributed by atoms with Crippen LogP contribution in [0, 0.1) is 0 Å². The van der Waals surface area contributed by atoms with Gasteiger partial charge in [-0.15, -0.1) is 5.10 Å². The molecule has 1 saturated heterocycles. The summed E-state index contributed by atoms with van der Waals surface area (Å²) in [5.74, 6) is 1.19. The number of rotatable bonds is 4. The number of benzene rings is 1. The van der Waals surface area contributed by atoms with Gasteiger partial charge >= 0.3 is 12.2 Å². The number of ether oxygens (including phenoxy) is 1. The molecule has 2 aromatic rings. The highest BCUT2D eigenvalue weighted by Gasteiger charge is 2.34. The van der Waals surface area contributed by atoms with Crippen molar-refractivity contribution in [1.29, 1.82) is 0 Å². The average molecular weight is 457 g/mol. The number of allylic oxidation sites excluding steroid dienone is 2. The minimum Gasteiger partial charge on any atom is -0.441 e. The van der Waals surface area contributed by atoms with E-state index in [1.165, 1.54) is 17.8 Å². The molecule has 33 heavy (non-hydrogen) atoms. The summed E-state index contributed by atoms with van der Waals surface area (Å²) >= 11 is 0. The Balaban J connectivity index is 1.33. The van der Waals surface area contributed by atoms with E-state index in [1.54, 1.807) is 23.1 Å². The van der Waals surface area contributed by atoms with Crippen molar-refractivity contribution in [3.05, 3.63) is 77.3 Å². The molecule has 3 heterocycles. The Hall–Kier alpha value is -3.82. The van der Waals surface area contributed by atoms with Crippen LogP contribution in [0.25, 0.3) is 6.08 Å². The topological polar surface area (TPSA) is 79.4 Å². The molecule has 0 bridgehead atoms. The first-order valence-corrected chi connectivity index (χ1v) is 10.4. The highest BCUT2D eigenvalue weighted by atomic mass is 19.4. The number of hydrogen-bond donors (Lipinski definition) is 2. The molecule has 0 atom stereocenters. The fourth-order valence-corrected chi connectivity index (χ4v) is 3.47. The van der Waals surface area contributed by atoms with Crippen molar-refractivity contribution >= 4 is 17.9 Å². The molecule has 0 aliphatic carbocycles. The molecule has 1 aromatic heterocycles. The van der Waals surface area contributed by atoms with Crippen molar-refractivity contribution in [1.82, 2.24) is 20.4 Å². The number of amides is 2. The SMILES string of the molecule is O=C(Nc1cccnn1)N1CCC(=Cc2cccc(OC3=CC=C(C(F)(F)F)CN3)c2)CC1. The minimum absolute atomic E-state index is 0.207. The third kappa shape index (κ3) is 6.12. The normalized spacial score (nSPS) is 16.3. The second kappa shape index (κ2) is 9.76. The van der Waals surface area contributed by atoms with E-state index in [0.29, 0.717) is 24.7 Å². The summed E-state index contributed by atoms with van der Waals surface area (Å²) in [6.45, 7) is 0.831. The van der Waals surface area contributed by atoms with Gasteiger partial charge < -0.3 is 15.0 Å². The molecule has 2 amide bonds. The lowest BCUT2D eigenvalue weighted by atomic mass is 10.0. The molecule has 2 N–H and O–H groups in total. The van der Waals surface area contributed by atoms with Gasteiger partial charge in [-0.2, -0.15) is 18.3 Å². The van der Waals surface area contributed by atoms with E-state index in [1.807, 2.05) is 18.2 Å². The van der Waals surface area contributed by atoms with Crippen molar-refractivity contribution < 1.29 is 22.7 Å². The number of nitrogens with zero attached hydrogens (tertiary/aromatic N) is 3. The van der Waals surface area contributed by atoms with Gasteiger partial charge in [-0.25, -0.2) is 4.79 Å². The lowest BCUT2D eigenvalue weighted by molar-refractivity contribution is -0.0931. The van der Waals surface area contributed by atoms with Crippen LogP contribution in [0.1, 0.15) is 18.4 Å². The lowest BCUT2D eigenvalue weighted by Crippen LogP contribution is -2.39. The molecule has 0 spiro atoms. The Bertz CT molecular complexity index is 1090. The summed E-state index contributed by atoms with van der Waals surface area (Å²) in [5.41, 5.74) is 1.47. The predicted molar refractivity (Wildman–Crippen MR) is 117 cm³/mol. The van der Waals surface area contributed by atoms with Crippen molar-refractivity contribution in [2.75, 3.05) is 25.0 Å². The summed E-state index contributed by atoms with van der Waals surface area (Å²) in [6, 6.07) is 10.5. The van der Waals surface area contributed by atoms with E-state index in [9.17, 15) is 18.0 Å². The highest BCUT2D eigenvalue weighted by Crippen LogP contribution is 2.28. The van der Waals surface area contributed by atoms with Gasteiger partial charge in [-0.3, -0.25) is 5.32 Å². The third-order valence-electron chi connectivity index (χ3n) is 5.21. The van der Waals surface area contributed by atoms with Crippen LogP contribution in [-0.2, 0) is 0 Å². The zero-order valence-corrected chi connectivity index (χ0v) is 17.6. The number of halogens is 3. The van der Waals surface area contributed by atoms with Gasteiger partial charge in [0.2, 0.25) is 0 Å². The van der Waals surface area contributed by atoms with Crippen LogP contribution in [0.4, 0.5) is 23.8 Å². The maximum absolute atomic E-state index is 12.7. The Morgan fingerprint density at radius 2 is 1.97 bits per heavy atom. The first kappa shape index (κ1) is 22.4. The third-order valence-corrected chi connectivity index (χ3v) is 5.21.